The Morgan fingerprint density at radius 3 is 2.50 bits per heavy atom. The minimum Gasteiger partial charge on any atom is -0.494 e. The highest BCUT2D eigenvalue weighted by Crippen LogP contribution is 2.40. The van der Waals surface area contributed by atoms with Gasteiger partial charge in [-0.1, -0.05) is 62.4 Å². The minimum atomic E-state index is -0.446. The number of esters is 1. The molecule has 4 rings (SSSR count). The Kier molecular flexibility index (Phi) is 6.93. The van der Waals surface area contributed by atoms with Gasteiger partial charge in [0.2, 0.25) is 0 Å². The van der Waals surface area contributed by atoms with Gasteiger partial charge in [0, 0.05) is 5.57 Å². The molecule has 0 aromatic heterocycles. The summed E-state index contributed by atoms with van der Waals surface area (Å²) in [5.74, 6) is 1.06. The molecule has 2 aromatic carbocycles. The zero-order chi connectivity index (χ0) is 22.5. The van der Waals surface area contributed by atoms with Crippen LogP contribution in [0.15, 0.2) is 54.1 Å². The number of nitrogens with zero attached hydrogens (tertiary/aromatic N) is 1. The summed E-state index contributed by atoms with van der Waals surface area (Å²) in [7, 11) is 1.53. The second kappa shape index (κ2) is 10.0. The van der Waals surface area contributed by atoms with E-state index in [1.165, 1.54) is 39.2 Å². The number of hydroxylamine groups is 1. The van der Waals surface area contributed by atoms with Crippen molar-refractivity contribution in [2.75, 3.05) is 20.3 Å². The van der Waals surface area contributed by atoms with Crippen LogP contribution < -0.4 is 4.74 Å². The maximum absolute atomic E-state index is 13.0. The number of hydrogen-bond acceptors (Lipinski definition) is 4. The zero-order valence-electron chi connectivity index (χ0n) is 19.0. The topological polar surface area (TPSA) is 58.8 Å². The van der Waals surface area contributed by atoms with Crippen molar-refractivity contribution in [2.24, 2.45) is 5.92 Å². The SMILES string of the molecule is CCOC(=O)C1=C(c2ccccc2)c2ccc(OCCC3CCCCC3)cc2C1=[N+](C)O. The van der Waals surface area contributed by atoms with E-state index in [0.29, 0.717) is 17.9 Å². The highest BCUT2D eigenvalue weighted by Gasteiger charge is 2.40. The lowest BCUT2D eigenvalue weighted by Gasteiger charge is -2.21. The summed E-state index contributed by atoms with van der Waals surface area (Å²) in [6.07, 6.45) is 7.68. The molecule has 5 nitrogen and oxygen atoms in total. The van der Waals surface area contributed by atoms with Gasteiger partial charge < -0.3 is 9.47 Å². The molecule has 2 aliphatic carbocycles. The van der Waals surface area contributed by atoms with E-state index in [1.54, 1.807) is 6.92 Å². The van der Waals surface area contributed by atoms with E-state index >= 15 is 0 Å². The molecule has 2 aliphatic rings. The van der Waals surface area contributed by atoms with Gasteiger partial charge in [0.15, 0.2) is 7.05 Å². The normalized spacial score (nSPS) is 17.8. The molecule has 1 fully saturated rings. The molecule has 0 unspecified atom stereocenters. The number of ether oxygens (including phenoxy) is 2. The second-order valence-electron chi connectivity index (χ2n) is 8.56. The van der Waals surface area contributed by atoms with Crippen molar-refractivity contribution in [3.63, 3.8) is 0 Å². The lowest BCUT2D eigenvalue weighted by molar-refractivity contribution is -0.753. The fourth-order valence-corrected chi connectivity index (χ4v) is 4.88. The van der Waals surface area contributed by atoms with Crippen molar-refractivity contribution in [3.8, 4) is 5.75 Å². The van der Waals surface area contributed by atoms with Crippen LogP contribution in [0.2, 0.25) is 0 Å². The second-order valence-corrected chi connectivity index (χ2v) is 8.56. The van der Waals surface area contributed by atoms with Crippen LogP contribution in [-0.4, -0.2) is 41.9 Å². The Bertz CT molecular complexity index is 1030. The van der Waals surface area contributed by atoms with Crippen LogP contribution in [0.1, 0.15) is 62.1 Å². The molecular weight excluding hydrogens is 402 g/mol. The third-order valence-corrected chi connectivity index (χ3v) is 6.39. The molecule has 2 aromatic rings. The molecule has 32 heavy (non-hydrogen) atoms. The molecular formula is C27H32NO4+. The van der Waals surface area contributed by atoms with Crippen molar-refractivity contribution in [2.45, 2.75) is 45.4 Å². The summed E-state index contributed by atoms with van der Waals surface area (Å²) in [6.45, 7) is 2.72. The van der Waals surface area contributed by atoms with E-state index in [-0.39, 0.29) is 6.61 Å². The Morgan fingerprint density at radius 2 is 1.81 bits per heavy atom. The number of fused-ring (bicyclic) bond motifs is 1. The van der Waals surface area contributed by atoms with E-state index in [4.69, 9.17) is 9.47 Å². The first-order chi connectivity index (χ1) is 15.6. The van der Waals surface area contributed by atoms with Crippen LogP contribution in [0, 0.1) is 5.92 Å². The molecule has 1 N–H and O–H groups in total. The summed E-state index contributed by atoms with van der Waals surface area (Å²) in [5.41, 5.74) is 4.14. The fraction of sp³-hybridized carbons (Fsp3) is 0.407. The van der Waals surface area contributed by atoms with Crippen molar-refractivity contribution in [3.05, 3.63) is 70.8 Å². The molecule has 0 spiro atoms. The molecule has 0 saturated heterocycles. The largest absolute Gasteiger partial charge is 0.494 e. The van der Waals surface area contributed by atoms with E-state index < -0.39 is 5.97 Å². The van der Waals surface area contributed by atoms with E-state index in [2.05, 4.69) is 0 Å². The van der Waals surface area contributed by atoms with E-state index in [9.17, 15) is 10.0 Å². The van der Waals surface area contributed by atoms with Gasteiger partial charge in [0.1, 0.15) is 11.3 Å². The van der Waals surface area contributed by atoms with Crippen LogP contribution in [0.25, 0.3) is 5.57 Å². The highest BCUT2D eigenvalue weighted by molar-refractivity contribution is 6.35. The number of rotatable bonds is 7. The van der Waals surface area contributed by atoms with Crippen molar-refractivity contribution in [1.82, 2.24) is 0 Å². The lowest BCUT2D eigenvalue weighted by Crippen LogP contribution is -2.22. The van der Waals surface area contributed by atoms with Crippen LogP contribution in [-0.2, 0) is 9.53 Å². The van der Waals surface area contributed by atoms with Crippen LogP contribution in [0.3, 0.4) is 0 Å². The van der Waals surface area contributed by atoms with Gasteiger partial charge in [-0.05, 0) is 53.3 Å². The smallest absolute Gasteiger partial charge is 0.345 e. The quantitative estimate of drug-likeness (QED) is 0.280. The Balaban J connectivity index is 1.67. The fourth-order valence-electron chi connectivity index (χ4n) is 4.88. The van der Waals surface area contributed by atoms with Gasteiger partial charge in [-0.3, -0.25) is 5.21 Å². The van der Waals surface area contributed by atoms with Crippen LogP contribution in [0.4, 0.5) is 0 Å². The van der Waals surface area contributed by atoms with Gasteiger partial charge in [0.25, 0.3) is 5.71 Å². The highest BCUT2D eigenvalue weighted by atomic mass is 16.5. The number of carbonyl (C=O) groups is 1. The molecule has 0 atom stereocenters. The van der Waals surface area contributed by atoms with Gasteiger partial charge in [0.05, 0.1) is 18.8 Å². The summed E-state index contributed by atoms with van der Waals surface area (Å²) in [5, 5.41) is 10.5. The van der Waals surface area contributed by atoms with E-state index in [1.807, 2.05) is 48.5 Å². The average Bonchev–Trinajstić information content (AvgIpc) is 3.15. The Morgan fingerprint density at radius 1 is 1.06 bits per heavy atom. The standard InChI is InChI=1S/C27H32NO4/c1-3-31-27(29)25-24(20-12-8-5-9-13-20)22-15-14-21(18-23(22)26(25)28(2)30)32-17-16-19-10-6-4-7-11-19/h5,8-9,12-15,18-19,30H,3-4,6-7,10-11,16-17H2,1-2H3/q+1. The van der Waals surface area contributed by atoms with Gasteiger partial charge in [-0.2, -0.15) is 0 Å². The molecule has 0 amide bonds. The number of hydrogen-bond donors (Lipinski definition) is 1. The maximum atomic E-state index is 13.0. The molecule has 0 aliphatic heterocycles. The van der Waals surface area contributed by atoms with Crippen molar-refractivity contribution >= 4 is 17.3 Å². The first-order valence-electron chi connectivity index (χ1n) is 11.6. The zero-order valence-corrected chi connectivity index (χ0v) is 19.0. The molecule has 5 heteroatoms. The first kappa shape index (κ1) is 22.1. The number of carbonyl (C=O) groups excluding carboxylic acids is 1. The van der Waals surface area contributed by atoms with Gasteiger partial charge >= 0.3 is 5.97 Å². The molecule has 0 heterocycles. The summed E-state index contributed by atoms with van der Waals surface area (Å²) in [4.78, 5) is 13.0. The average molecular weight is 435 g/mol. The Hall–Kier alpha value is -3.08. The molecule has 0 radical (unpaired) electrons. The maximum Gasteiger partial charge on any atom is 0.345 e. The van der Waals surface area contributed by atoms with Crippen LogP contribution in [0.5, 0.6) is 5.75 Å². The van der Waals surface area contributed by atoms with Crippen molar-refractivity contribution < 1.29 is 24.2 Å². The monoisotopic (exact) mass is 434 g/mol. The van der Waals surface area contributed by atoms with Gasteiger partial charge in [-0.15, -0.1) is 0 Å². The lowest BCUT2D eigenvalue weighted by atomic mass is 9.87. The van der Waals surface area contributed by atoms with Crippen LogP contribution >= 0.6 is 0 Å². The molecule has 1 saturated carbocycles. The summed E-state index contributed by atoms with van der Waals surface area (Å²) < 4.78 is 12.5. The molecule has 168 valence electrons. The summed E-state index contributed by atoms with van der Waals surface area (Å²) >= 11 is 0. The third-order valence-electron chi connectivity index (χ3n) is 6.39. The Labute approximate surface area is 190 Å². The first-order valence-corrected chi connectivity index (χ1v) is 11.6. The van der Waals surface area contributed by atoms with Crippen molar-refractivity contribution in [1.29, 1.82) is 0 Å². The third kappa shape index (κ3) is 4.57. The minimum absolute atomic E-state index is 0.263. The predicted octanol–water partition coefficient (Wildman–Crippen LogP) is 5.24. The molecule has 0 bridgehead atoms. The van der Waals surface area contributed by atoms with E-state index in [0.717, 1.165) is 45.1 Å². The predicted molar refractivity (Wildman–Crippen MR) is 124 cm³/mol. The van der Waals surface area contributed by atoms with Gasteiger partial charge in [-0.25, -0.2) is 4.79 Å². The number of benzene rings is 2. The summed E-state index contributed by atoms with van der Waals surface area (Å²) in [6, 6.07) is 15.6.